The van der Waals surface area contributed by atoms with Crippen molar-refractivity contribution in [3.8, 4) is 5.75 Å². The van der Waals surface area contributed by atoms with Crippen LogP contribution in [0.4, 0.5) is 0 Å². The number of nitrogens with zero attached hydrogens (tertiary/aromatic N) is 4. The Labute approximate surface area is 489 Å². The van der Waals surface area contributed by atoms with Gasteiger partial charge in [0.15, 0.2) is 11.9 Å². The number of carboxylic acid groups (broad SMARTS) is 1. The molecule has 6 rings (SSSR count). The first-order valence-electron chi connectivity index (χ1n) is 29.4. The number of guanidine groups is 2. The Balaban J connectivity index is 1.21. The van der Waals surface area contributed by atoms with Crippen LogP contribution in [0, 0.1) is 11.8 Å². The molecule has 2 aliphatic carbocycles. The summed E-state index contributed by atoms with van der Waals surface area (Å²) in [6.07, 6.45) is 12.6. The molecule has 458 valence electrons. The van der Waals surface area contributed by atoms with Crippen LogP contribution in [0.1, 0.15) is 126 Å². The van der Waals surface area contributed by atoms with Gasteiger partial charge in [0, 0.05) is 44.4 Å². The molecule has 84 heavy (non-hydrogen) atoms. The number of amides is 7. The molecular formula is C58H86N16O10. The molecule has 1 unspecified atom stereocenters. The number of aromatic nitrogens is 2. The summed E-state index contributed by atoms with van der Waals surface area (Å²) >= 11 is 0. The van der Waals surface area contributed by atoms with E-state index in [-0.39, 0.29) is 101 Å². The molecule has 3 fully saturated rings. The van der Waals surface area contributed by atoms with Gasteiger partial charge in [0.05, 0.1) is 12.4 Å². The molecule has 0 radical (unpaired) electrons. The van der Waals surface area contributed by atoms with Crippen molar-refractivity contribution in [1.82, 2.24) is 46.8 Å². The monoisotopic (exact) mass is 1170 g/mol. The molecule has 2 heterocycles. The van der Waals surface area contributed by atoms with Gasteiger partial charge >= 0.3 is 5.97 Å². The number of carbonyl (C=O) groups excluding carboxylic acids is 7. The van der Waals surface area contributed by atoms with Crippen molar-refractivity contribution in [3.05, 3.63) is 83.9 Å². The summed E-state index contributed by atoms with van der Waals surface area (Å²) in [6, 6.07) is 5.51. The minimum Gasteiger partial charge on any atom is -0.508 e. The highest BCUT2D eigenvalue weighted by atomic mass is 16.4. The largest absolute Gasteiger partial charge is 0.508 e. The van der Waals surface area contributed by atoms with E-state index in [1.165, 1.54) is 41.7 Å². The number of rotatable bonds is 31. The first-order valence-corrected chi connectivity index (χ1v) is 29.4. The van der Waals surface area contributed by atoms with E-state index in [0.29, 0.717) is 36.9 Å². The number of phenolic OH excluding ortho intramolecular Hbond substituents is 1. The molecule has 8 atom stereocenters. The van der Waals surface area contributed by atoms with Gasteiger partial charge in [-0.25, -0.2) is 9.78 Å². The molecule has 0 spiro atoms. The molecule has 26 heteroatoms. The second kappa shape index (κ2) is 33.1. The van der Waals surface area contributed by atoms with Gasteiger partial charge in [0.2, 0.25) is 41.4 Å². The predicted molar refractivity (Wildman–Crippen MR) is 314 cm³/mol. The number of imidazole rings is 1. The number of H-pyrrole nitrogens is 1. The molecule has 26 nitrogen and oxygen atoms in total. The highest BCUT2D eigenvalue weighted by molar-refractivity contribution is 5.98. The third-order valence-corrected chi connectivity index (χ3v) is 15.8. The Morgan fingerprint density at radius 1 is 0.607 bits per heavy atom. The number of aromatic hydroxyl groups is 1. The van der Waals surface area contributed by atoms with E-state index in [4.69, 9.17) is 28.7 Å². The fraction of sp³-hybridized carbons (Fsp3) is 0.569. The van der Waals surface area contributed by atoms with Gasteiger partial charge in [-0.3, -0.25) is 43.5 Å². The third kappa shape index (κ3) is 20.9. The molecular weight excluding hydrogens is 1080 g/mol. The zero-order chi connectivity index (χ0) is 60.5. The highest BCUT2D eigenvalue weighted by Gasteiger charge is 2.43. The SMILES string of the molecule is NC(N)=NCCC[C@H](NC(=O)[C@H](Cc1cnc[nH]1)NC(=O)[C@H](CC1CCCCC1)NC(=O)[C@@H]1CCCN1C(=O)C(NC(=O)[C@H](CCCN=C(N)N)NC(=O)[C@@H](N)Cc1ccccc1)C1CCCCC1)C(=O)N[C@@H](Cc1ccc(O)cc1)C(=O)O. The van der Waals surface area contributed by atoms with Gasteiger partial charge < -0.3 is 80.7 Å². The van der Waals surface area contributed by atoms with Crippen LogP contribution in [0.2, 0.25) is 0 Å². The fourth-order valence-electron chi connectivity index (χ4n) is 11.3. The van der Waals surface area contributed by atoms with Crippen LogP contribution in [0.5, 0.6) is 5.75 Å². The third-order valence-electron chi connectivity index (χ3n) is 15.8. The van der Waals surface area contributed by atoms with Crippen LogP contribution in [-0.4, -0.2) is 152 Å². The molecule has 3 aromatic rings. The number of hydrogen-bond donors (Lipinski definition) is 14. The summed E-state index contributed by atoms with van der Waals surface area (Å²) in [5.41, 5.74) is 30.4. The van der Waals surface area contributed by atoms with Crippen LogP contribution in [-0.2, 0) is 57.6 Å². The normalized spacial score (nSPS) is 18.0. The summed E-state index contributed by atoms with van der Waals surface area (Å²) in [4.78, 5) is 130. The second-order valence-corrected chi connectivity index (χ2v) is 22.3. The van der Waals surface area contributed by atoms with Crippen molar-refractivity contribution in [2.75, 3.05) is 19.6 Å². The predicted octanol–water partition coefficient (Wildman–Crippen LogP) is 0.113. The summed E-state index contributed by atoms with van der Waals surface area (Å²) < 4.78 is 0. The van der Waals surface area contributed by atoms with Gasteiger partial charge in [-0.1, -0.05) is 93.8 Å². The first kappa shape index (κ1) is 64.9. The van der Waals surface area contributed by atoms with Crippen LogP contribution < -0.4 is 60.6 Å². The quantitative estimate of drug-likeness (QED) is 0.0231. The number of phenols is 1. The summed E-state index contributed by atoms with van der Waals surface area (Å²) in [6.45, 7) is 0.442. The zero-order valence-electron chi connectivity index (χ0n) is 47.7. The van der Waals surface area contributed by atoms with E-state index in [2.05, 4.69) is 51.9 Å². The Hall–Kier alpha value is -8.29. The van der Waals surface area contributed by atoms with E-state index in [1.807, 2.05) is 30.3 Å². The molecule has 1 aliphatic heterocycles. The zero-order valence-corrected chi connectivity index (χ0v) is 47.7. The van der Waals surface area contributed by atoms with Crippen molar-refractivity contribution in [1.29, 1.82) is 0 Å². The summed E-state index contributed by atoms with van der Waals surface area (Å²) in [5.74, 6) is -6.50. The van der Waals surface area contributed by atoms with Crippen molar-refractivity contribution in [2.24, 2.45) is 50.5 Å². The molecule has 2 saturated carbocycles. The number of carbonyl (C=O) groups is 8. The molecule has 3 aliphatic rings. The lowest BCUT2D eigenvalue weighted by molar-refractivity contribution is -0.144. The van der Waals surface area contributed by atoms with E-state index >= 15 is 4.79 Å². The number of hydrogen-bond acceptors (Lipinski definition) is 13. The molecule has 1 saturated heterocycles. The van der Waals surface area contributed by atoms with E-state index in [1.54, 1.807) is 0 Å². The van der Waals surface area contributed by atoms with Gasteiger partial charge in [-0.05, 0) is 99.3 Å². The standard InChI is InChI=1S/C58H86N16O10/c59-41(29-35-13-4-1-5-14-35)49(76)68-43(20-11-27-66-58(62)63)51(78)73-48(38-17-8-3-9-18-38)55(82)74-28-12-21-47(74)54(81)71-44(30-36-15-6-2-7-16-36)52(79)70-45(32-39-33-64-34-67-39)53(80)69-42(19-10-26-65-57(60)61)50(77)72-46(56(83)84)31-37-22-24-40(75)25-23-37/h1,4-5,13-14,22-25,33-34,36,38,41-48,75H,2-3,6-12,15-21,26-32,59H2,(H,64,67)(H,68,76)(H,69,80)(H,70,79)(H,71,81)(H,72,77)(H,73,78)(H,83,84)(H4,60,61,65)(H4,62,63,66)/t41-,42-,43-,44-,45-,46-,47-,48?/m0/s1. The number of benzene rings is 2. The number of nitrogens with two attached hydrogens (primary N) is 5. The number of likely N-dealkylation sites (tertiary alicyclic amines) is 1. The van der Waals surface area contributed by atoms with E-state index in [0.717, 1.165) is 56.9 Å². The van der Waals surface area contributed by atoms with Gasteiger partial charge in [-0.15, -0.1) is 0 Å². The first-order chi connectivity index (χ1) is 40.3. The lowest BCUT2D eigenvalue weighted by Gasteiger charge is -2.36. The molecule has 2 aromatic carbocycles. The lowest BCUT2D eigenvalue weighted by atomic mass is 9.83. The molecule has 1 aromatic heterocycles. The van der Waals surface area contributed by atoms with Crippen molar-refractivity contribution in [2.45, 2.75) is 177 Å². The van der Waals surface area contributed by atoms with Gasteiger partial charge in [-0.2, -0.15) is 0 Å². The number of nitrogens with one attached hydrogen (secondary N) is 7. The molecule has 7 amide bonds. The van der Waals surface area contributed by atoms with Crippen LogP contribution in [0.25, 0.3) is 0 Å². The Morgan fingerprint density at radius 2 is 1.15 bits per heavy atom. The van der Waals surface area contributed by atoms with Crippen molar-refractivity contribution >= 4 is 59.2 Å². The average molecular weight is 1170 g/mol. The van der Waals surface area contributed by atoms with Crippen LogP contribution >= 0.6 is 0 Å². The maximum atomic E-state index is 15.1. The maximum absolute atomic E-state index is 15.1. The summed E-state index contributed by atoms with van der Waals surface area (Å²) in [7, 11) is 0. The number of carboxylic acids is 1. The van der Waals surface area contributed by atoms with E-state index < -0.39 is 95.7 Å². The van der Waals surface area contributed by atoms with Crippen molar-refractivity contribution in [3.63, 3.8) is 0 Å². The highest BCUT2D eigenvalue weighted by Crippen LogP contribution is 2.31. The van der Waals surface area contributed by atoms with Crippen molar-refractivity contribution < 1.29 is 48.6 Å². The number of aliphatic imine (C=N–C) groups is 2. The topological polar surface area (TPSA) is 436 Å². The van der Waals surface area contributed by atoms with Gasteiger partial charge in [0.1, 0.15) is 48.0 Å². The minimum absolute atomic E-state index is 0.0292. The Morgan fingerprint density at radius 3 is 1.75 bits per heavy atom. The minimum atomic E-state index is -1.44. The van der Waals surface area contributed by atoms with E-state index in [9.17, 15) is 43.8 Å². The molecule has 19 N–H and O–H groups in total. The smallest absolute Gasteiger partial charge is 0.326 e. The second-order valence-electron chi connectivity index (χ2n) is 22.3. The van der Waals surface area contributed by atoms with Gasteiger partial charge in [0.25, 0.3) is 0 Å². The summed E-state index contributed by atoms with van der Waals surface area (Å²) in [5, 5.41) is 36.8. The Kier molecular flexibility index (Phi) is 25.6. The molecule has 0 bridgehead atoms. The average Bonchev–Trinajstić information content (AvgIpc) is 4.36. The number of aromatic amines is 1. The fourth-order valence-corrected chi connectivity index (χ4v) is 11.3. The Bertz CT molecular complexity index is 2690. The van der Waals surface area contributed by atoms with Crippen LogP contribution in [0.15, 0.2) is 77.1 Å². The lowest BCUT2D eigenvalue weighted by Crippen LogP contribution is -2.61. The van der Waals surface area contributed by atoms with Crippen LogP contribution in [0.3, 0.4) is 0 Å². The number of aliphatic carboxylic acids is 1. The maximum Gasteiger partial charge on any atom is 0.326 e.